The molecule has 0 N–H and O–H groups in total. The number of rotatable bonds is 4. The Morgan fingerprint density at radius 3 is 2.56 bits per heavy atom. The molecule has 1 aromatic carbocycles. The molecule has 0 amide bonds. The first-order valence-corrected chi connectivity index (χ1v) is 4.43. The van der Waals surface area contributed by atoms with Crippen molar-refractivity contribution in [1.82, 2.24) is 0 Å². The molecule has 0 heterocycles. The van der Waals surface area contributed by atoms with Gasteiger partial charge in [0.25, 0.3) is 6.47 Å². The fourth-order valence-corrected chi connectivity index (χ4v) is 1.17. The van der Waals surface area contributed by atoms with E-state index in [4.69, 9.17) is 0 Å². The molecule has 5 heteroatoms. The van der Waals surface area contributed by atoms with E-state index in [-0.39, 0.29) is 18.6 Å². The monoisotopic (exact) mass is 230 g/mol. The SMILES string of the molecule is O=COC/C=C/c1ccccc1C(F)(F)F. The van der Waals surface area contributed by atoms with E-state index in [9.17, 15) is 18.0 Å². The van der Waals surface area contributed by atoms with Crippen molar-refractivity contribution in [2.24, 2.45) is 0 Å². The lowest BCUT2D eigenvalue weighted by Gasteiger charge is -2.09. The molecule has 0 aliphatic rings. The van der Waals surface area contributed by atoms with E-state index < -0.39 is 11.7 Å². The highest BCUT2D eigenvalue weighted by atomic mass is 19.4. The molecular weight excluding hydrogens is 221 g/mol. The van der Waals surface area contributed by atoms with Crippen LogP contribution in [-0.4, -0.2) is 13.1 Å². The molecule has 0 bridgehead atoms. The lowest BCUT2D eigenvalue weighted by Crippen LogP contribution is -2.06. The van der Waals surface area contributed by atoms with Crippen molar-refractivity contribution in [3.63, 3.8) is 0 Å². The first-order chi connectivity index (χ1) is 7.55. The summed E-state index contributed by atoms with van der Waals surface area (Å²) in [5.41, 5.74) is -0.665. The molecule has 86 valence electrons. The topological polar surface area (TPSA) is 26.3 Å². The van der Waals surface area contributed by atoms with Crippen molar-refractivity contribution in [2.45, 2.75) is 6.18 Å². The summed E-state index contributed by atoms with van der Waals surface area (Å²) < 4.78 is 41.8. The van der Waals surface area contributed by atoms with Gasteiger partial charge in [-0.2, -0.15) is 13.2 Å². The molecule has 16 heavy (non-hydrogen) atoms. The van der Waals surface area contributed by atoms with Gasteiger partial charge in [-0.3, -0.25) is 4.79 Å². The molecule has 0 aliphatic heterocycles. The third kappa shape index (κ3) is 3.42. The highest BCUT2D eigenvalue weighted by Crippen LogP contribution is 2.32. The number of hydrogen-bond donors (Lipinski definition) is 0. The number of halogens is 3. The van der Waals surface area contributed by atoms with E-state index in [1.807, 2.05) is 0 Å². The molecular formula is C11H9F3O2. The molecule has 1 rings (SSSR count). The van der Waals surface area contributed by atoms with Crippen LogP contribution in [0, 0.1) is 0 Å². The Bertz CT molecular complexity index is 383. The zero-order valence-corrected chi connectivity index (χ0v) is 8.20. The van der Waals surface area contributed by atoms with Gasteiger partial charge in [0.2, 0.25) is 0 Å². The highest BCUT2D eigenvalue weighted by molar-refractivity contribution is 5.54. The van der Waals surface area contributed by atoms with Gasteiger partial charge >= 0.3 is 6.18 Å². The molecule has 0 aromatic heterocycles. The lowest BCUT2D eigenvalue weighted by atomic mass is 10.1. The van der Waals surface area contributed by atoms with Gasteiger partial charge in [0.15, 0.2) is 0 Å². The van der Waals surface area contributed by atoms with E-state index in [0.29, 0.717) is 0 Å². The second kappa shape index (κ2) is 5.34. The second-order valence-electron chi connectivity index (χ2n) is 2.92. The Labute approximate surface area is 90.3 Å². The zero-order valence-electron chi connectivity index (χ0n) is 8.20. The van der Waals surface area contributed by atoms with Crippen molar-refractivity contribution < 1.29 is 22.7 Å². The first-order valence-electron chi connectivity index (χ1n) is 4.43. The quantitative estimate of drug-likeness (QED) is 0.587. The smallest absolute Gasteiger partial charge is 0.416 e. The van der Waals surface area contributed by atoms with Crippen LogP contribution in [0.2, 0.25) is 0 Å². The van der Waals surface area contributed by atoms with Gasteiger partial charge in [-0.25, -0.2) is 0 Å². The molecule has 0 radical (unpaired) electrons. The molecule has 0 unspecified atom stereocenters. The van der Waals surface area contributed by atoms with Crippen LogP contribution in [0.3, 0.4) is 0 Å². The number of alkyl halides is 3. The van der Waals surface area contributed by atoms with Gasteiger partial charge < -0.3 is 4.74 Å². The van der Waals surface area contributed by atoms with Crippen LogP contribution >= 0.6 is 0 Å². The van der Waals surface area contributed by atoms with Gasteiger partial charge in [0.1, 0.15) is 6.61 Å². The molecule has 0 atom stereocenters. The minimum absolute atomic E-state index is 0.0458. The summed E-state index contributed by atoms with van der Waals surface area (Å²) in [5.74, 6) is 0. The lowest BCUT2D eigenvalue weighted by molar-refractivity contribution is -0.137. The fraction of sp³-hybridized carbons (Fsp3) is 0.182. The zero-order chi connectivity index (χ0) is 12.0. The number of hydrogen-bond acceptors (Lipinski definition) is 2. The van der Waals surface area contributed by atoms with Crippen LogP contribution < -0.4 is 0 Å². The maximum atomic E-state index is 12.5. The Morgan fingerprint density at radius 1 is 1.25 bits per heavy atom. The maximum absolute atomic E-state index is 12.5. The predicted octanol–water partition coefficient (Wildman–Crippen LogP) is 2.89. The van der Waals surface area contributed by atoms with Gasteiger partial charge in [0.05, 0.1) is 5.56 Å². The van der Waals surface area contributed by atoms with E-state index in [1.54, 1.807) is 0 Å². The molecule has 0 spiro atoms. The summed E-state index contributed by atoms with van der Waals surface area (Å²) in [7, 11) is 0. The van der Waals surface area contributed by atoms with E-state index in [2.05, 4.69) is 4.74 Å². The average molecular weight is 230 g/mol. The van der Waals surface area contributed by atoms with E-state index >= 15 is 0 Å². The summed E-state index contributed by atoms with van der Waals surface area (Å²) in [6.45, 7) is 0.190. The van der Waals surface area contributed by atoms with Crippen LogP contribution in [0.25, 0.3) is 6.08 Å². The molecule has 0 fully saturated rings. The molecule has 2 nitrogen and oxygen atoms in total. The van der Waals surface area contributed by atoms with Crippen molar-refractivity contribution in [3.05, 3.63) is 41.5 Å². The van der Waals surface area contributed by atoms with Crippen LogP contribution in [-0.2, 0) is 15.7 Å². The summed E-state index contributed by atoms with van der Waals surface area (Å²) in [5, 5.41) is 0. The van der Waals surface area contributed by atoms with Gasteiger partial charge in [0, 0.05) is 0 Å². The largest absolute Gasteiger partial charge is 0.464 e. The Morgan fingerprint density at radius 2 is 1.94 bits per heavy atom. The van der Waals surface area contributed by atoms with Crippen LogP contribution in [0.4, 0.5) is 13.2 Å². The third-order valence-corrected chi connectivity index (χ3v) is 1.82. The van der Waals surface area contributed by atoms with Crippen LogP contribution in [0.15, 0.2) is 30.3 Å². The highest BCUT2D eigenvalue weighted by Gasteiger charge is 2.32. The van der Waals surface area contributed by atoms with Gasteiger partial charge in [-0.05, 0) is 17.7 Å². The van der Waals surface area contributed by atoms with Crippen LogP contribution in [0.1, 0.15) is 11.1 Å². The molecule has 0 saturated carbocycles. The molecule has 1 aromatic rings. The minimum atomic E-state index is -4.38. The van der Waals surface area contributed by atoms with E-state index in [1.165, 1.54) is 30.4 Å². The number of carbonyl (C=O) groups is 1. The Balaban J connectivity index is 2.87. The Kier molecular flexibility index (Phi) is 4.10. The summed E-state index contributed by atoms with van der Waals surface area (Å²) >= 11 is 0. The van der Waals surface area contributed by atoms with Crippen molar-refractivity contribution in [1.29, 1.82) is 0 Å². The fourth-order valence-electron chi connectivity index (χ4n) is 1.17. The summed E-state index contributed by atoms with van der Waals surface area (Å²) in [6, 6.07) is 5.18. The standard InChI is InChI=1S/C11H9F3O2/c12-11(13,14)10-6-2-1-4-9(10)5-3-7-16-8-15/h1-6,8H,7H2/b5-3+. The normalized spacial score (nSPS) is 11.7. The third-order valence-electron chi connectivity index (χ3n) is 1.82. The first kappa shape index (κ1) is 12.3. The summed E-state index contributed by atoms with van der Waals surface area (Å²) in [4.78, 5) is 9.81. The summed E-state index contributed by atoms with van der Waals surface area (Å²) in [6.07, 6.45) is -1.77. The second-order valence-corrected chi connectivity index (χ2v) is 2.92. The Hall–Kier alpha value is -1.78. The van der Waals surface area contributed by atoms with Crippen molar-refractivity contribution in [3.8, 4) is 0 Å². The predicted molar refractivity (Wildman–Crippen MR) is 52.5 cm³/mol. The average Bonchev–Trinajstić information content (AvgIpc) is 2.24. The van der Waals surface area contributed by atoms with Gasteiger partial charge in [-0.1, -0.05) is 24.3 Å². The number of carbonyl (C=O) groups excluding carboxylic acids is 1. The van der Waals surface area contributed by atoms with Crippen molar-refractivity contribution >= 4 is 12.5 Å². The molecule has 0 saturated heterocycles. The maximum Gasteiger partial charge on any atom is 0.416 e. The van der Waals surface area contributed by atoms with Crippen molar-refractivity contribution in [2.75, 3.05) is 6.61 Å². The number of ether oxygens (including phenoxy) is 1. The van der Waals surface area contributed by atoms with Crippen LogP contribution in [0.5, 0.6) is 0 Å². The molecule has 0 aliphatic carbocycles. The van der Waals surface area contributed by atoms with E-state index in [0.717, 1.165) is 6.07 Å². The minimum Gasteiger partial charge on any atom is -0.464 e. The van der Waals surface area contributed by atoms with Gasteiger partial charge in [-0.15, -0.1) is 0 Å². The number of benzene rings is 1.